The first-order valence-corrected chi connectivity index (χ1v) is 8.35. The molecular weight excluding hydrogens is 337 g/mol. The van der Waals surface area contributed by atoms with Gasteiger partial charge in [-0.1, -0.05) is 36.4 Å². The van der Waals surface area contributed by atoms with E-state index in [1.807, 2.05) is 6.92 Å². The SMILES string of the molecule is Cc1cc(F)ccc1[C@H]1CC(=O)CCN1.O=C(O)C(O)c1ccccc1. The summed E-state index contributed by atoms with van der Waals surface area (Å²) in [5.74, 6) is -1.17. The third kappa shape index (κ3) is 5.47. The van der Waals surface area contributed by atoms with Crippen molar-refractivity contribution in [3.05, 3.63) is 71.0 Å². The highest BCUT2D eigenvalue weighted by atomic mass is 19.1. The second-order valence-corrected chi connectivity index (χ2v) is 6.15. The number of aryl methyl sites for hydroxylation is 1. The molecule has 1 heterocycles. The van der Waals surface area contributed by atoms with Crippen molar-refractivity contribution in [2.45, 2.75) is 31.9 Å². The quantitative estimate of drug-likeness (QED) is 0.784. The van der Waals surface area contributed by atoms with Crippen LogP contribution >= 0.6 is 0 Å². The van der Waals surface area contributed by atoms with Gasteiger partial charge in [0.1, 0.15) is 11.6 Å². The Labute approximate surface area is 151 Å². The average Bonchev–Trinajstić information content (AvgIpc) is 2.62. The highest BCUT2D eigenvalue weighted by Crippen LogP contribution is 2.24. The van der Waals surface area contributed by atoms with Crippen molar-refractivity contribution in [2.24, 2.45) is 0 Å². The molecule has 0 aromatic heterocycles. The van der Waals surface area contributed by atoms with Crippen molar-refractivity contribution < 1.29 is 24.2 Å². The summed E-state index contributed by atoms with van der Waals surface area (Å²) in [6.45, 7) is 2.60. The van der Waals surface area contributed by atoms with Crippen LogP contribution in [0.5, 0.6) is 0 Å². The van der Waals surface area contributed by atoms with Crippen LogP contribution in [0.25, 0.3) is 0 Å². The van der Waals surface area contributed by atoms with Crippen LogP contribution in [0.15, 0.2) is 48.5 Å². The van der Waals surface area contributed by atoms with Crippen LogP contribution in [0.1, 0.15) is 41.7 Å². The molecule has 0 radical (unpaired) electrons. The van der Waals surface area contributed by atoms with Gasteiger partial charge in [0.15, 0.2) is 6.10 Å². The number of hydrogen-bond donors (Lipinski definition) is 3. The molecule has 0 amide bonds. The molecule has 138 valence electrons. The van der Waals surface area contributed by atoms with Gasteiger partial charge in [0.2, 0.25) is 0 Å². The molecule has 1 aliphatic heterocycles. The molecule has 2 atom stereocenters. The highest BCUT2D eigenvalue weighted by molar-refractivity contribution is 5.80. The molecule has 0 spiro atoms. The van der Waals surface area contributed by atoms with E-state index >= 15 is 0 Å². The summed E-state index contributed by atoms with van der Waals surface area (Å²) in [7, 11) is 0. The highest BCUT2D eigenvalue weighted by Gasteiger charge is 2.21. The van der Waals surface area contributed by atoms with E-state index in [4.69, 9.17) is 10.2 Å². The Balaban J connectivity index is 0.000000197. The maximum absolute atomic E-state index is 12.9. The van der Waals surface area contributed by atoms with E-state index in [9.17, 15) is 14.0 Å². The van der Waals surface area contributed by atoms with E-state index in [0.717, 1.165) is 17.7 Å². The van der Waals surface area contributed by atoms with Crippen molar-refractivity contribution in [1.29, 1.82) is 0 Å². The molecule has 0 saturated carbocycles. The fourth-order valence-corrected chi connectivity index (χ4v) is 2.82. The number of aliphatic carboxylic acids is 1. The molecule has 5 nitrogen and oxygen atoms in total. The first-order valence-electron chi connectivity index (χ1n) is 8.35. The first kappa shape index (κ1) is 19.8. The summed E-state index contributed by atoms with van der Waals surface area (Å²) in [4.78, 5) is 21.6. The van der Waals surface area contributed by atoms with Gasteiger partial charge in [-0.05, 0) is 35.7 Å². The van der Waals surface area contributed by atoms with E-state index < -0.39 is 12.1 Å². The number of carboxylic acid groups (broad SMARTS) is 1. The molecule has 1 saturated heterocycles. The van der Waals surface area contributed by atoms with Crippen LogP contribution in [-0.2, 0) is 9.59 Å². The third-order valence-electron chi connectivity index (χ3n) is 4.18. The maximum atomic E-state index is 12.9. The number of ketones is 1. The van der Waals surface area contributed by atoms with Crippen LogP contribution in [-0.4, -0.2) is 28.5 Å². The Morgan fingerprint density at radius 2 is 1.92 bits per heavy atom. The number of benzene rings is 2. The summed E-state index contributed by atoms with van der Waals surface area (Å²) in [5, 5.41) is 20.7. The molecule has 3 N–H and O–H groups in total. The molecule has 26 heavy (non-hydrogen) atoms. The van der Waals surface area contributed by atoms with Crippen molar-refractivity contribution >= 4 is 11.8 Å². The lowest BCUT2D eigenvalue weighted by molar-refractivity contribution is -0.147. The standard InChI is InChI=1S/C12H14FNO.C8H8O3/c1-8-6-9(13)2-3-11(8)12-7-10(15)4-5-14-12;9-7(8(10)11)6-4-2-1-3-5-6/h2-3,6,12,14H,4-5,7H2,1H3;1-5,7,9H,(H,10,11)/t12-;/m1./s1. The minimum absolute atomic E-state index is 0.0619. The van der Waals surface area contributed by atoms with E-state index in [0.29, 0.717) is 18.4 Å². The lowest BCUT2D eigenvalue weighted by Gasteiger charge is -2.24. The Bertz CT molecular complexity index is 764. The van der Waals surface area contributed by atoms with Gasteiger partial charge >= 0.3 is 5.97 Å². The summed E-state index contributed by atoms with van der Waals surface area (Å²) < 4.78 is 12.9. The number of carbonyl (C=O) groups is 2. The minimum atomic E-state index is -1.41. The van der Waals surface area contributed by atoms with Crippen LogP contribution in [0.2, 0.25) is 0 Å². The zero-order valence-electron chi connectivity index (χ0n) is 14.5. The van der Waals surface area contributed by atoms with Crippen molar-refractivity contribution in [3.63, 3.8) is 0 Å². The van der Waals surface area contributed by atoms with E-state index in [2.05, 4.69) is 5.32 Å². The Kier molecular flexibility index (Phi) is 7.00. The van der Waals surface area contributed by atoms with Crippen molar-refractivity contribution in [2.75, 3.05) is 6.54 Å². The smallest absolute Gasteiger partial charge is 0.337 e. The van der Waals surface area contributed by atoms with Gasteiger partial charge in [-0.2, -0.15) is 0 Å². The van der Waals surface area contributed by atoms with E-state index in [-0.39, 0.29) is 17.6 Å². The van der Waals surface area contributed by atoms with E-state index in [1.165, 1.54) is 12.1 Å². The average molecular weight is 359 g/mol. The fraction of sp³-hybridized carbons (Fsp3) is 0.300. The molecule has 6 heteroatoms. The summed E-state index contributed by atoms with van der Waals surface area (Å²) >= 11 is 0. The Morgan fingerprint density at radius 3 is 2.50 bits per heavy atom. The van der Waals surface area contributed by atoms with Crippen LogP contribution in [0.4, 0.5) is 4.39 Å². The second-order valence-electron chi connectivity index (χ2n) is 6.15. The molecule has 3 rings (SSSR count). The molecule has 0 aliphatic carbocycles. The molecule has 2 aromatic carbocycles. The Morgan fingerprint density at radius 1 is 1.23 bits per heavy atom. The molecule has 1 unspecified atom stereocenters. The monoisotopic (exact) mass is 359 g/mol. The minimum Gasteiger partial charge on any atom is -0.479 e. The summed E-state index contributed by atoms with van der Waals surface area (Å²) in [6.07, 6.45) is -0.278. The number of hydrogen-bond acceptors (Lipinski definition) is 4. The number of piperidine rings is 1. The molecule has 1 aliphatic rings. The fourth-order valence-electron chi connectivity index (χ4n) is 2.82. The number of carboxylic acids is 1. The number of carbonyl (C=O) groups excluding carboxylic acids is 1. The molecule has 0 bridgehead atoms. The first-order chi connectivity index (χ1) is 12.4. The predicted octanol–water partition coefficient (Wildman–Crippen LogP) is 2.93. The number of rotatable bonds is 3. The lowest BCUT2D eigenvalue weighted by Crippen LogP contribution is -2.32. The van der Waals surface area contributed by atoms with Gasteiger partial charge in [0.05, 0.1) is 0 Å². The van der Waals surface area contributed by atoms with Gasteiger partial charge in [-0.3, -0.25) is 4.79 Å². The number of nitrogens with one attached hydrogen (secondary N) is 1. The van der Waals surface area contributed by atoms with Crippen molar-refractivity contribution in [1.82, 2.24) is 5.32 Å². The summed E-state index contributed by atoms with van der Waals surface area (Å²) in [6, 6.07) is 13.0. The topological polar surface area (TPSA) is 86.6 Å². The lowest BCUT2D eigenvalue weighted by atomic mass is 9.93. The van der Waals surface area contributed by atoms with Gasteiger partial charge in [-0.25, -0.2) is 9.18 Å². The van der Waals surface area contributed by atoms with Crippen LogP contribution in [0.3, 0.4) is 0 Å². The van der Waals surface area contributed by atoms with Crippen LogP contribution < -0.4 is 5.32 Å². The number of Topliss-reactive ketones (excluding diaryl/α,β-unsaturated/α-hetero) is 1. The second kappa shape index (κ2) is 9.22. The number of aliphatic hydroxyl groups excluding tert-OH is 1. The number of halogens is 1. The number of aliphatic hydroxyl groups is 1. The van der Waals surface area contributed by atoms with Gasteiger partial charge < -0.3 is 15.5 Å². The largest absolute Gasteiger partial charge is 0.479 e. The predicted molar refractivity (Wildman–Crippen MR) is 95.2 cm³/mol. The Hall–Kier alpha value is -2.57. The maximum Gasteiger partial charge on any atom is 0.337 e. The zero-order valence-corrected chi connectivity index (χ0v) is 14.5. The van der Waals surface area contributed by atoms with E-state index in [1.54, 1.807) is 36.4 Å². The summed E-state index contributed by atoms with van der Waals surface area (Å²) in [5.41, 5.74) is 2.34. The zero-order chi connectivity index (χ0) is 19.1. The third-order valence-corrected chi connectivity index (χ3v) is 4.18. The molecule has 2 aromatic rings. The van der Waals surface area contributed by atoms with Crippen LogP contribution in [0, 0.1) is 12.7 Å². The van der Waals surface area contributed by atoms with Gasteiger partial charge in [0, 0.05) is 25.4 Å². The van der Waals surface area contributed by atoms with Gasteiger partial charge in [-0.15, -0.1) is 0 Å². The van der Waals surface area contributed by atoms with Crippen molar-refractivity contribution in [3.8, 4) is 0 Å². The normalized spacial score (nSPS) is 17.8. The van der Waals surface area contributed by atoms with Gasteiger partial charge in [0.25, 0.3) is 0 Å². The molecule has 1 fully saturated rings. The molecular formula is C20H22FNO4.